The summed E-state index contributed by atoms with van der Waals surface area (Å²) in [5.74, 6) is 0. The van der Waals surface area contributed by atoms with Crippen molar-refractivity contribution in [2.75, 3.05) is 23.3 Å². The third kappa shape index (κ3) is 5.29. The lowest BCUT2D eigenvalue weighted by Crippen LogP contribution is -2.16. The number of benzene rings is 2. The van der Waals surface area contributed by atoms with Crippen molar-refractivity contribution in [1.29, 1.82) is 0 Å². The summed E-state index contributed by atoms with van der Waals surface area (Å²) in [6.45, 7) is 1.61. The first-order valence-corrected chi connectivity index (χ1v) is 8.89. The molecular weight excluding hydrogens is 337 g/mol. The molecule has 0 bridgehead atoms. The van der Waals surface area contributed by atoms with Crippen LogP contribution < -0.4 is 15.8 Å². The number of anilines is 2. The maximum Gasteiger partial charge on any atom is 0.0675 e. The average Bonchev–Trinajstić information content (AvgIpc) is 2.46. The van der Waals surface area contributed by atoms with Gasteiger partial charge in [0.25, 0.3) is 0 Å². The van der Waals surface area contributed by atoms with Crippen LogP contribution in [0.1, 0.15) is 11.1 Å². The van der Waals surface area contributed by atoms with E-state index in [4.69, 9.17) is 28.9 Å². The first-order chi connectivity index (χ1) is 10.6. The molecule has 0 saturated heterocycles. The molecule has 0 unspecified atom stereocenters. The molecule has 2 aromatic rings. The second kappa shape index (κ2) is 8.53. The van der Waals surface area contributed by atoms with Crippen molar-refractivity contribution < 1.29 is 0 Å². The normalized spacial score (nSPS) is 10.7. The summed E-state index contributed by atoms with van der Waals surface area (Å²) >= 11 is 13.5. The number of hydrogen-bond acceptors (Lipinski definition) is 4. The van der Waals surface area contributed by atoms with E-state index in [2.05, 4.69) is 22.2 Å². The fraction of sp³-hybridized carbons (Fsp3) is 0.250. The Bertz CT molecular complexity index is 615. The van der Waals surface area contributed by atoms with Gasteiger partial charge in [0.1, 0.15) is 0 Å². The highest BCUT2D eigenvalue weighted by Crippen LogP contribution is 2.22. The summed E-state index contributed by atoms with van der Waals surface area (Å²) in [6.07, 6.45) is 2.90. The molecule has 2 aromatic carbocycles. The Kier molecular flexibility index (Phi) is 6.70. The highest BCUT2D eigenvalue weighted by molar-refractivity contribution is 7.99. The van der Waals surface area contributed by atoms with Gasteiger partial charge in [-0.15, -0.1) is 0 Å². The van der Waals surface area contributed by atoms with Crippen LogP contribution in [0.3, 0.4) is 0 Å². The third-order valence-corrected chi connectivity index (χ3v) is 4.03. The quantitative estimate of drug-likeness (QED) is 0.386. The summed E-state index contributed by atoms with van der Waals surface area (Å²) in [6, 6.07) is 11.7. The molecule has 6 heteroatoms. The maximum atomic E-state index is 5.99. The predicted molar refractivity (Wildman–Crippen MR) is 99.9 cm³/mol. The van der Waals surface area contributed by atoms with Crippen LogP contribution >= 0.6 is 35.1 Å². The van der Waals surface area contributed by atoms with E-state index in [0.717, 1.165) is 36.4 Å². The molecule has 0 amide bonds. The third-order valence-electron chi connectivity index (χ3n) is 3.17. The van der Waals surface area contributed by atoms with Crippen LogP contribution in [0, 0.1) is 0 Å². The largest absolute Gasteiger partial charge is 0.397 e. The zero-order valence-electron chi connectivity index (χ0n) is 12.3. The zero-order valence-corrected chi connectivity index (χ0v) is 14.7. The van der Waals surface area contributed by atoms with Crippen molar-refractivity contribution in [3.63, 3.8) is 0 Å². The summed E-state index contributed by atoms with van der Waals surface area (Å²) in [4.78, 5) is 0. The van der Waals surface area contributed by atoms with Crippen molar-refractivity contribution in [1.82, 2.24) is 5.32 Å². The van der Waals surface area contributed by atoms with E-state index in [9.17, 15) is 0 Å². The molecular formula is C16H19Cl2N3S. The maximum absolute atomic E-state index is 5.99. The molecule has 0 atom stereocenters. The lowest BCUT2D eigenvalue weighted by atomic mass is 10.1. The van der Waals surface area contributed by atoms with Gasteiger partial charge in [-0.05, 0) is 54.4 Å². The molecule has 0 aliphatic carbocycles. The summed E-state index contributed by atoms with van der Waals surface area (Å²) in [5, 5.41) is 4.72. The van der Waals surface area contributed by atoms with Gasteiger partial charge in [-0.1, -0.05) is 41.2 Å². The Morgan fingerprint density at radius 2 is 1.77 bits per heavy atom. The molecule has 118 valence electrons. The number of nitrogens with one attached hydrogen (secondary N) is 2. The molecule has 0 aliphatic heterocycles. The summed E-state index contributed by atoms with van der Waals surface area (Å²) in [5.41, 5.74) is 9.97. The molecule has 0 spiro atoms. The van der Waals surface area contributed by atoms with Crippen LogP contribution in [0.15, 0.2) is 36.4 Å². The molecule has 4 N–H and O–H groups in total. The standard InChI is InChI=1S/C16H19Cl2N3S/c1-22-21-16-8-11(2-3-15(16)19)4-5-20-10-12-6-13(17)9-14(18)7-12/h2-3,6-9,20-21H,4-5,10,19H2,1H3. The van der Waals surface area contributed by atoms with Gasteiger partial charge in [0.05, 0.1) is 11.4 Å². The van der Waals surface area contributed by atoms with Gasteiger partial charge >= 0.3 is 0 Å². The molecule has 0 fully saturated rings. The van der Waals surface area contributed by atoms with Gasteiger partial charge in [-0.3, -0.25) is 0 Å². The van der Waals surface area contributed by atoms with Crippen LogP contribution in [0.5, 0.6) is 0 Å². The average molecular weight is 356 g/mol. The molecule has 0 aliphatic rings. The Hall–Kier alpha value is -1.07. The number of nitrogen functional groups attached to an aromatic ring is 1. The zero-order chi connectivity index (χ0) is 15.9. The number of hydrogen-bond donors (Lipinski definition) is 3. The fourth-order valence-corrected chi connectivity index (χ4v) is 3.10. The first kappa shape index (κ1) is 17.3. The minimum atomic E-state index is 0.663. The van der Waals surface area contributed by atoms with E-state index >= 15 is 0 Å². The Morgan fingerprint density at radius 3 is 2.45 bits per heavy atom. The Balaban J connectivity index is 1.84. The second-order valence-corrected chi connectivity index (χ2v) is 6.42. The minimum absolute atomic E-state index is 0.663. The van der Waals surface area contributed by atoms with Crippen molar-refractivity contribution in [2.45, 2.75) is 13.0 Å². The van der Waals surface area contributed by atoms with Gasteiger partial charge in [0.15, 0.2) is 0 Å². The Morgan fingerprint density at radius 1 is 1.05 bits per heavy atom. The molecule has 22 heavy (non-hydrogen) atoms. The minimum Gasteiger partial charge on any atom is -0.397 e. The molecule has 3 nitrogen and oxygen atoms in total. The van der Waals surface area contributed by atoms with E-state index in [1.165, 1.54) is 17.5 Å². The van der Waals surface area contributed by atoms with E-state index in [-0.39, 0.29) is 0 Å². The highest BCUT2D eigenvalue weighted by atomic mass is 35.5. The van der Waals surface area contributed by atoms with Crippen LogP contribution in [0.25, 0.3) is 0 Å². The molecule has 0 radical (unpaired) electrons. The van der Waals surface area contributed by atoms with Gasteiger partial charge < -0.3 is 15.8 Å². The van der Waals surface area contributed by atoms with Crippen LogP contribution in [0.2, 0.25) is 10.0 Å². The molecule has 0 saturated carbocycles. The number of nitrogens with two attached hydrogens (primary N) is 1. The smallest absolute Gasteiger partial charge is 0.0675 e. The van der Waals surface area contributed by atoms with Crippen molar-refractivity contribution >= 4 is 46.5 Å². The fourth-order valence-electron chi connectivity index (χ4n) is 2.14. The number of rotatable bonds is 7. The first-order valence-electron chi connectivity index (χ1n) is 6.91. The topological polar surface area (TPSA) is 50.1 Å². The molecule has 0 aromatic heterocycles. The Labute approximate surface area is 145 Å². The summed E-state index contributed by atoms with van der Waals surface area (Å²) in [7, 11) is 0. The molecule has 2 rings (SSSR count). The lowest BCUT2D eigenvalue weighted by molar-refractivity contribution is 0.687. The van der Waals surface area contributed by atoms with Crippen LogP contribution in [-0.2, 0) is 13.0 Å². The van der Waals surface area contributed by atoms with E-state index in [1.807, 2.05) is 24.5 Å². The monoisotopic (exact) mass is 355 g/mol. The SMILES string of the molecule is CSNc1cc(CCNCc2cc(Cl)cc(Cl)c2)ccc1N. The van der Waals surface area contributed by atoms with E-state index in [0.29, 0.717) is 10.0 Å². The van der Waals surface area contributed by atoms with Crippen molar-refractivity contribution in [2.24, 2.45) is 0 Å². The number of halogens is 2. The highest BCUT2D eigenvalue weighted by Gasteiger charge is 2.02. The second-order valence-electron chi connectivity index (χ2n) is 4.93. The summed E-state index contributed by atoms with van der Waals surface area (Å²) < 4.78 is 3.19. The van der Waals surface area contributed by atoms with Crippen molar-refractivity contribution in [3.8, 4) is 0 Å². The van der Waals surface area contributed by atoms with Gasteiger partial charge in [-0.2, -0.15) is 0 Å². The van der Waals surface area contributed by atoms with Gasteiger partial charge in [0.2, 0.25) is 0 Å². The molecule has 0 heterocycles. The van der Waals surface area contributed by atoms with Crippen LogP contribution in [0.4, 0.5) is 11.4 Å². The van der Waals surface area contributed by atoms with E-state index < -0.39 is 0 Å². The van der Waals surface area contributed by atoms with Crippen molar-refractivity contribution in [3.05, 3.63) is 57.6 Å². The van der Waals surface area contributed by atoms with Gasteiger partial charge in [0, 0.05) is 22.8 Å². The predicted octanol–water partition coefficient (Wildman–Crippen LogP) is 4.60. The van der Waals surface area contributed by atoms with Gasteiger partial charge in [-0.25, -0.2) is 0 Å². The van der Waals surface area contributed by atoms with E-state index in [1.54, 1.807) is 6.07 Å². The van der Waals surface area contributed by atoms with Crippen LogP contribution in [-0.4, -0.2) is 12.8 Å². The lowest BCUT2D eigenvalue weighted by Gasteiger charge is -2.10.